The summed E-state index contributed by atoms with van der Waals surface area (Å²) >= 11 is 5.81. The topological polar surface area (TPSA) is 9.23 Å². The van der Waals surface area contributed by atoms with Gasteiger partial charge in [0.25, 0.3) is 0 Å². The fourth-order valence-electron chi connectivity index (χ4n) is 1.31. The predicted molar refractivity (Wildman–Crippen MR) is 60.6 cm³/mol. The van der Waals surface area contributed by atoms with Crippen LogP contribution in [0.4, 0.5) is 0 Å². The summed E-state index contributed by atoms with van der Waals surface area (Å²) in [5.74, 6) is 0. The minimum Gasteiger partial charge on any atom is -0.376 e. The molecule has 76 valence electrons. The molecule has 0 N–H and O–H groups in total. The first-order valence-electron chi connectivity index (χ1n) is 4.67. The lowest BCUT2D eigenvalue weighted by Crippen LogP contribution is -1.99. The summed E-state index contributed by atoms with van der Waals surface area (Å²) in [5.41, 5.74) is 1.16. The van der Waals surface area contributed by atoms with E-state index in [0.29, 0.717) is 0 Å². The van der Waals surface area contributed by atoms with Gasteiger partial charge in [0, 0.05) is 12.1 Å². The fourth-order valence-corrected chi connectivity index (χ4v) is 1.43. The van der Waals surface area contributed by atoms with Crippen molar-refractivity contribution in [2.45, 2.75) is 19.4 Å². The zero-order valence-electron chi connectivity index (χ0n) is 8.53. The van der Waals surface area contributed by atoms with E-state index in [4.69, 9.17) is 16.3 Å². The van der Waals surface area contributed by atoms with Crippen LogP contribution in [0.3, 0.4) is 0 Å². The highest BCUT2D eigenvalue weighted by Crippen LogP contribution is 2.22. The minimum atomic E-state index is 0.128. The third-order valence-corrected chi connectivity index (χ3v) is 2.36. The van der Waals surface area contributed by atoms with E-state index in [1.807, 2.05) is 37.3 Å². The molecule has 0 aliphatic carbocycles. The second-order valence-electron chi connectivity index (χ2n) is 3.08. The molecule has 0 fully saturated rings. The summed E-state index contributed by atoms with van der Waals surface area (Å²) in [7, 11) is 1.72. The Morgan fingerprint density at radius 2 is 2.00 bits per heavy atom. The smallest absolute Gasteiger partial charge is 0.0855 e. The lowest BCUT2D eigenvalue weighted by Gasteiger charge is -2.13. The molecule has 0 saturated carbocycles. The summed E-state index contributed by atoms with van der Waals surface area (Å²) < 4.78 is 5.38. The molecule has 0 aromatic heterocycles. The predicted octanol–water partition coefficient (Wildman–Crippen LogP) is 3.99. The molecular weight excluding hydrogens is 196 g/mol. The molecule has 0 heterocycles. The van der Waals surface area contributed by atoms with Gasteiger partial charge in [-0.1, -0.05) is 35.9 Å². The van der Waals surface area contributed by atoms with E-state index < -0.39 is 0 Å². The molecule has 1 atom stereocenters. The maximum atomic E-state index is 5.81. The van der Waals surface area contributed by atoms with Gasteiger partial charge in [-0.15, -0.1) is 0 Å². The number of ether oxygens (including phenoxy) is 1. The van der Waals surface area contributed by atoms with Crippen LogP contribution in [0.2, 0.25) is 5.02 Å². The summed E-state index contributed by atoms with van der Waals surface area (Å²) in [6, 6.07) is 7.77. The van der Waals surface area contributed by atoms with Crippen molar-refractivity contribution in [1.29, 1.82) is 0 Å². The van der Waals surface area contributed by atoms with E-state index in [0.717, 1.165) is 17.0 Å². The molecule has 0 bridgehead atoms. The highest BCUT2D eigenvalue weighted by molar-refractivity contribution is 6.30. The van der Waals surface area contributed by atoms with Crippen LogP contribution in [-0.2, 0) is 4.74 Å². The molecule has 0 spiro atoms. The Kier molecular flexibility index (Phi) is 4.71. The molecule has 0 saturated heterocycles. The first-order chi connectivity index (χ1) is 6.77. The lowest BCUT2D eigenvalue weighted by atomic mass is 10.1. The third-order valence-electron chi connectivity index (χ3n) is 2.11. The number of allylic oxidation sites excluding steroid dienone is 1. The van der Waals surface area contributed by atoms with Gasteiger partial charge in [-0.3, -0.25) is 0 Å². The van der Waals surface area contributed by atoms with Crippen molar-refractivity contribution in [3.8, 4) is 0 Å². The molecule has 1 nitrogen and oxygen atoms in total. The van der Waals surface area contributed by atoms with Gasteiger partial charge < -0.3 is 4.74 Å². The first-order valence-corrected chi connectivity index (χ1v) is 5.05. The van der Waals surface area contributed by atoms with Crippen LogP contribution >= 0.6 is 11.6 Å². The Morgan fingerprint density at radius 3 is 2.50 bits per heavy atom. The largest absolute Gasteiger partial charge is 0.376 e. The van der Waals surface area contributed by atoms with Crippen molar-refractivity contribution in [2.24, 2.45) is 0 Å². The Bertz CT molecular complexity index is 290. The van der Waals surface area contributed by atoms with E-state index in [1.165, 1.54) is 0 Å². The van der Waals surface area contributed by atoms with Gasteiger partial charge in [-0.25, -0.2) is 0 Å². The average molecular weight is 211 g/mol. The van der Waals surface area contributed by atoms with Crippen molar-refractivity contribution < 1.29 is 4.74 Å². The third kappa shape index (κ3) is 3.17. The van der Waals surface area contributed by atoms with Gasteiger partial charge in [0.2, 0.25) is 0 Å². The maximum Gasteiger partial charge on any atom is 0.0855 e. The van der Waals surface area contributed by atoms with Crippen molar-refractivity contribution >= 4 is 11.6 Å². The molecular formula is C12H15ClO. The van der Waals surface area contributed by atoms with Crippen LogP contribution < -0.4 is 0 Å². The second kappa shape index (κ2) is 5.84. The Labute approximate surface area is 90.3 Å². The fraction of sp³-hybridized carbons (Fsp3) is 0.333. The van der Waals surface area contributed by atoms with Crippen molar-refractivity contribution in [3.05, 3.63) is 47.0 Å². The monoisotopic (exact) mass is 210 g/mol. The van der Waals surface area contributed by atoms with E-state index in [2.05, 4.69) is 6.08 Å². The van der Waals surface area contributed by atoms with Crippen molar-refractivity contribution in [3.63, 3.8) is 0 Å². The van der Waals surface area contributed by atoms with Gasteiger partial charge in [-0.05, 0) is 31.0 Å². The minimum absolute atomic E-state index is 0.128. The van der Waals surface area contributed by atoms with Crippen LogP contribution in [0.15, 0.2) is 36.4 Å². The molecule has 0 radical (unpaired) electrons. The number of halogens is 1. The molecule has 1 rings (SSSR count). The van der Waals surface area contributed by atoms with Crippen molar-refractivity contribution in [1.82, 2.24) is 0 Å². The normalized spacial score (nSPS) is 13.4. The lowest BCUT2D eigenvalue weighted by molar-refractivity contribution is 0.106. The van der Waals surface area contributed by atoms with Gasteiger partial charge in [0.15, 0.2) is 0 Å². The van der Waals surface area contributed by atoms with Gasteiger partial charge in [0.05, 0.1) is 6.10 Å². The molecule has 0 aliphatic heterocycles. The number of hydrogen-bond acceptors (Lipinski definition) is 1. The summed E-state index contributed by atoms with van der Waals surface area (Å²) in [6.45, 7) is 2.01. The first kappa shape index (κ1) is 11.3. The molecule has 0 amide bonds. The Morgan fingerprint density at radius 1 is 1.36 bits per heavy atom. The molecule has 14 heavy (non-hydrogen) atoms. The Hall–Kier alpha value is -0.790. The zero-order valence-corrected chi connectivity index (χ0v) is 9.29. The summed E-state index contributed by atoms with van der Waals surface area (Å²) in [4.78, 5) is 0. The van der Waals surface area contributed by atoms with Crippen molar-refractivity contribution in [2.75, 3.05) is 7.11 Å². The van der Waals surface area contributed by atoms with E-state index in [-0.39, 0.29) is 6.10 Å². The molecule has 1 aromatic carbocycles. The van der Waals surface area contributed by atoms with Crippen LogP contribution in [0.25, 0.3) is 0 Å². The number of methoxy groups -OCH3 is 1. The SMILES string of the molecule is CC=CCC(OC)c1ccc(Cl)cc1. The quantitative estimate of drug-likeness (QED) is 0.683. The van der Waals surface area contributed by atoms with Crippen LogP contribution in [0.5, 0.6) is 0 Å². The number of hydrogen-bond donors (Lipinski definition) is 0. The summed E-state index contributed by atoms with van der Waals surface area (Å²) in [6.07, 6.45) is 5.16. The second-order valence-corrected chi connectivity index (χ2v) is 3.52. The van der Waals surface area contributed by atoms with Gasteiger partial charge in [0.1, 0.15) is 0 Å². The zero-order chi connectivity index (χ0) is 10.4. The van der Waals surface area contributed by atoms with Gasteiger partial charge in [-0.2, -0.15) is 0 Å². The highest BCUT2D eigenvalue weighted by Gasteiger charge is 2.07. The molecule has 0 aliphatic rings. The van der Waals surface area contributed by atoms with Gasteiger partial charge >= 0.3 is 0 Å². The van der Waals surface area contributed by atoms with E-state index >= 15 is 0 Å². The number of benzene rings is 1. The maximum absolute atomic E-state index is 5.81. The molecule has 1 aromatic rings. The van der Waals surface area contributed by atoms with Crippen LogP contribution in [0.1, 0.15) is 25.0 Å². The number of rotatable bonds is 4. The van der Waals surface area contributed by atoms with Crippen LogP contribution in [-0.4, -0.2) is 7.11 Å². The molecule has 2 heteroatoms. The van der Waals surface area contributed by atoms with Crippen LogP contribution in [0, 0.1) is 0 Å². The standard InChI is InChI=1S/C12H15ClO/c1-3-4-5-12(14-2)10-6-8-11(13)9-7-10/h3-4,6-9,12H,5H2,1-2H3. The average Bonchev–Trinajstić information content (AvgIpc) is 2.21. The Balaban J connectivity index is 2.73. The van der Waals surface area contributed by atoms with E-state index in [9.17, 15) is 0 Å². The highest BCUT2D eigenvalue weighted by atomic mass is 35.5. The summed E-state index contributed by atoms with van der Waals surface area (Å²) in [5, 5.41) is 0.759. The van der Waals surface area contributed by atoms with E-state index in [1.54, 1.807) is 7.11 Å². The molecule has 1 unspecified atom stereocenters.